The van der Waals surface area contributed by atoms with Crippen molar-refractivity contribution in [3.8, 4) is 11.5 Å². The Bertz CT molecular complexity index is 594. The summed E-state index contributed by atoms with van der Waals surface area (Å²) in [5.74, 6) is -1.81. The Labute approximate surface area is 104 Å². The number of hydrogen-bond donors (Lipinski definition) is 1. The number of carboxylic acid groups (broad SMARTS) is 1. The van der Waals surface area contributed by atoms with Gasteiger partial charge < -0.3 is 9.52 Å². The number of benzene rings is 1. The van der Waals surface area contributed by atoms with E-state index in [1.165, 1.54) is 25.1 Å². The molecule has 0 aliphatic rings. The minimum atomic E-state index is -1.20. The van der Waals surface area contributed by atoms with Crippen molar-refractivity contribution >= 4 is 21.9 Å². The number of carboxylic acids is 1. The molecule has 2 rings (SSSR count). The van der Waals surface area contributed by atoms with E-state index in [9.17, 15) is 9.18 Å². The number of hydrogen-bond acceptors (Lipinski definition) is 3. The Balaban J connectivity index is 2.57. The fourth-order valence-electron chi connectivity index (χ4n) is 1.37. The summed E-state index contributed by atoms with van der Waals surface area (Å²) in [5.41, 5.74) is 0.629. The van der Waals surface area contributed by atoms with Crippen LogP contribution in [-0.2, 0) is 0 Å². The van der Waals surface area contributed by atoms with Crippen LogP contribution in [0.3, 0.4) is 0 Å². The molecule has 88 valence electrons. The zero-order chi connectivity index (χ0) is 12.6. The quantitative estimate of drug-likeness (QED) is 0.924. The van der Waals surface area contributed by atoms with Gasteiger partial charge in [-0.05, 0) is 41.1 Å². The molecular weight excluding hydrogens is 293 g/mol. The van der Waals surface area contributed by atoms with Crippen molar-refractivity contribution in [1.82, 2.24) is 4.98 Å². The molecule has 1 N–H and O–H groups in total. The average Bonchev–Trinajstić information content (AvgIpc) is 2.64. The van der Waals surface area contributed by atoms with Crippen molar-refractivity contribution in [1.29, 1.82) is 0 Å². The summed E-state index contributed by atoms with van der Waals surface area (Å²) in [6.07, 6.45) is 0. The lowest BCUT2D eigenvalue weighted by Gasteiger charge is -1.99. The zero-order valence-corrected chi connectivity index (χ0v) is 10.3. The first kappa shape index (κ1) is 11.8. The molecule has 4 nitrogen and oxygen atoms in total. The number of nitrogens with zero attached hydrogens (tertiary/aromatic N) is 1. The van der Waals surface area contributed by atoms with E-state index in [2.05, 4.69) is 20.9 Å². The van der Waals surface area contributed by atoms with Gasteiger partial charge in [0.15, 0.2) is 0 Å². The van der Waals surface area contributed by atoms with Gasteiger partial charge in [0.2, 0.25) is 11.7 Å². The number of carbonyl (C=O) groups is 1. The molecule has 6 heteroatoms. The second-order valence-electron chi connectivity index (χ2n) is 3.36. The molecule has 1 heterocycles. The monoisotopic (exact) mass is 299 g/mol. The maximum Gasteiger partial charge on any atom is 0.373 e. The molecule has 2 aromatic rings. The Morgan fingerprint density at radius 1 is 1.53 bits per heavy atom. The molecule has 0 bridgehead atoms. The molecule has 0 fully saturated rings. The lowest BCUT2D eigenvalue weighted by atomic mass is 10.2. The summed E-state index contributed by atoms with van der Waals surface area (Å²) >= 11 is 3.22. The summed E-state index contributed by atoms with van der Waals surface area (Å²) in [5, 5.41) is 8.83. The molecule has 0 aliphatic carbocycles. The predicted octanol–water partition coefficient (Wildman–Crippen LogP) is 3.25. The molecule has 1 aromatic heterocycles. The van der Waals surface area contributed by atoms with Crippen LogP contribution in [0, 0.1) is 12.7 Å². The van der Waals surface area contributed by atoms with Gasteiger partial charge in [-0.2, -0.15) is 0 Å². The van der Waals surface area contributed by atoms with E-state index in [-0.39, 0.29) is 17.3 Å². The Morgan fingerprint density at radius 3 is 2.82 bits per heavy atom. The zero-order valence-electron chi connectivity index (χ0n) is 8.70. The maximum atomic E-state index is 13.1. The van der Waals surface area contributed by atoms with Crippen LogP contribution in [-0.4, -0.2) is 16.1 Å². The third-order valence-electron chi connectivity index (χ3n) is 2.15. The number of aromatic nitrogens is 1. The van der Waals surface area contributed by atoms with Gasteiger partial charge in [0.1, 0.15) is 5.82 Å². The number of rotatable bonds is 2. The van der Waals surface area contributed by atoms with Gasteiger partial charge in [-0.15, -0.1) is 0 Å². The van der Waals surface area contributed by atoms with E-state index in [0.29, 0.717) is 10.0 Å². The van der Waals surface area contributed by atoms with E-state index in [4.69, 9.17) is 9.52 Å². The van der Waals surface area contributed by atoms with Gasteiger partial charge in [-0.3, -0.25) is 0 Å². The molecule has 0 atom stereocenters. The fourth-order valence-corrected chi connectivity index (χ4v) is 1.79. The molecule has 0 radical (unpaired) electrons. The number of oxazole rings is 1. The second kappa shape index (κ2) is 4.29. The van der Waals surface area contributed by atoms with Gasteiger partial charge >= 0.3 is 5.97 Å². The van der Waals surface area contributed by atoms with Crippen molar-refractivity contribution in [3.05, 3.63) is 39.9 Å². The first-order valence-corrected chi connectivity index (χ1v) is 5.44. The first-order chi connectivity index (χ1) is 7.99. The van der Waals surface area contributed by atoms with Crippen LogP contribution >= 0.6 is 15.9 Å². The fraction of sp³-hybridized carbons (Fsp3) is 0.0909. The minimum absolute atomic E-state index is 0.0753. The molecule has 17 heavy (non-hydrogen) atoms. The molecule has 0 spiro atoms. The van der Waals surface area contributed by atoms with Crippen molar-refractivity contribution in [3.63, 3.8) is 0 Å². The summed E-state index contributed by atoms with van der Waals surface area (Å²) < 4.78 is 18.8. The SMILES string of the molecule is Cc1nc(-c2cc(F)ccc2Br)oc1C(=O)O. The third-order valence-corrected chi connectivity index (χ3v) is 2.84. The normalized spacial score (nSPS) is 10.5. The highest BCUT2D eigenvalue weighted by atomic mass is 79.9. The first-order valence-electron chi connectivity index (χ1n) is 4.65. The second-order valence-corrected chi connectivity index (χ2v) is 4.22. The summed E-state index contributed by atoms with van der Waals surface area (Å²) in [6.45, 7) is 1.52. The Kier molecular flexibility index (Phi) is 2.97. The van der Waals surface area contributed by atoms with Gasteiger partial charge in [0, 0.05) is 4.47 Å². The number of aryl methyl sites for hydroxylation is 1. The average molecular weight is 300 g/mol. The van der Waals surface area contributed by atoms with Crippen LogP contribution in [0.15, 0.2) is 27.1 Å². The van der Waals surface area contributed by atoms with E-state index in [1.54, 1.807) is 0 Å². The molecular formula is C11H7BrFNO3. The van der Waals surface area contributed by atoms with Crippen molar-refractivity contribution < 1.29 is 18.7 Å². The van der Waals surface area contributed by atoms with E-state index >= 15 is 0 Å². The van der Waals surface area contributed by atoms with E-state index in [1.807, 2.05) is 0 Å². The summed E-state index contributed by atoms with van der Waals surface area (Å²) in [6, 6.07) is 4.01. The molecule has 0 amide bonds. The summed E-state index contributed by atoms with van der Waals surface area (Å²) in [7, 11) is 0. The highest BCUT2D eigenvalue weighted by Crippen LogP contribution is 2.29. The van der Waals surface area contributed by atoms with E-state index in [0.717, 1.165) is 0 Å². The van der Waals surface area contributed by atoms with Gasteiger partial charge in [-0.25, -0.2) is 14.2 Å². The van der Waals surface area contributed by atoms with Gasteiger partial charge in [0.05, 0.1) is 11.3 Å². The Hall–Kier alpha value is -1.69. The van der Waals surface area contributed by atoms with Gasteiger partial charge in [-0.1, -0.05) is 0 Å². The topological polar surface area (TPSA) is 63.3 Å². The van der Waals surface area contributed by atoms with Crippen LogP contribution in [0.25, 0.3) is 11.5 Å². The lowest BCUT2D eigenvalue weighted by molar-refractivity contribution is 0.0662. The van der Waals surface area contributed by atoms with E-state index < -0.39 is 11.8 Å². The Morgan fingerprint density at radius 2 is 2.24 bits per heavy atom. The van der Waals surface area contributed by atoms with Crippen LogP contribution in [0.4, 0.5) is 4.39 Å². The van der Waals surface area contributed by atoms with Crippen molar-refractivity contribution in [2.75, 3.05) is 0 Å². The molecule has 1 aromatic carbocycles. The standard InChI is InChI=1S/C11H7BrFNO3/c1-5-9(11(15)16)17-10(14-5)7-4-6(13)2-3-8(7)12/h2-4H,1H3,(H,15,16). The highest BCUT2D eigenvalue weighted by molar-refractivity contribution is 9.10. The van der Waals surface area contributed by atoms with Crippen LogP contribution in [0.5, 0.6) is 0 Å². The third kappa shape index (κ3) is 2.21. The van der Waals surface area contributed by atoms with Crippen molar-refractivity contribution in [2.45, 2.75) is 6.92 Å². The molecule has 0 saturated heterocycles. The lowest BCUT2D eigenvalue weighted by Crippen LogP contribution is -1.95. The largest absolute Gasteiger partial charge is 0.475 e. The maximum absolute atomic E-state index is 13.1. The smallest absolute Gasteiger partial charge is 0.373 e. The van der Waals surface area contributed by atoms with Crippen molar-refractivity contribution in [2.24, 2.45) is 0 Å². The molecule has 0 aliphatic heterocycles. The number of aromatic carboxylic acids is 1. The minimum Gasteiger partial charge on any atom is -0.475 e. The van der Waals surface area contributed by atoms with Crippen LogP contribution in [0.1, 0.15) is 16.2 Å². The van der Waals surface area contributed by atoms with Crippen LogP contribution < -0.4 is 0 Å². The highest BCUT2D eigenvalue weighted by Gasteiger charge is 2.18. The van der Waals surface area contributed by atoms with Gasteiger partial charge in [0.25, 0.3) is 0 Å². The van der Waals surface area contributed by atoms with Crippen LogP contribution in [0.2, 0.25) is 0 Å². The molecule has 0 unspecified atom stereocenters. The predicted molar refractivity (Wildman–Crippen MR) is 61.3 cm³/mol. The summed E-state index contributed by atoms with van der Waals surface area (Å²) in [4.78, 5) is 14.8. The number of halogens is 2. The molecule has 0 saturated carbocycles.